The minimum absolute atomic E-state index is 0.0410. The zero-order chi connectivity index (χ0) is 12.4. The Morgan fingerprint density at radius 1 is 1.53 bits per heavy atom. The number of hydrogen-bond donors (Lipinski definition) is 0. The lowest BCUT2D eigenvalue weighted by Gasteiger charge is -2.05. The minimum atomic E-state index is 0.0410. The summed E-state index contributed by atoms with van der Waals surface area (Å²) in [7, 11) is 0. The summed E-state index contributed by atoms with van der Waals surface area (Å²) in [6.07, 6.45) is 2.75. The second kappa shape index (κ2) is 5.14. The molecule has 5 heteroatoms. The Kier molecular flexibility index (Phi) is 3.79. The summed E-state index contributed by atoms with van der Waals surface area (Å²) < 4.78 is 2.61. The highest BCUT2D eigenvalue weighted by Gasteiger charge is 2.05. The van der Waals surface area contributed by atoms with Gasteiger partial charge in [0, 0.05) is 21.6 Å². The van der Waals surface area contributed by atoms with Crippen LogP contribution in [0.1, 0.15) is 23.2 Å². The third-order valence-corrected chi connectivity index (χ3v) is 3.94. The zero-order valence-corrected chi connectivity index (χ0v) is 12.1. The highest BCUT2D eigenvalue weighted by Crippen LogP contribution is 2.13. The van der Waals surface area contributed by atoms with Crippen LogP contribution in [0.4, 0.5) is 0 Å². The second-order valence-electron chi connectivity index (χ2n) is 3.86. The highest BCUT2D eigenvalue weighted by atomic mass is 79.9. The average Bonchev–Trinajstić information content (AvgIpc) is 2.73. The average molecular weight is 313 g/mol. The largest absolute Gasteiger partial charge is 0.308 e. The molecule has 0 atom stereocenters. The number of aromatic nitrogens is 2. The molecule has 0 saturated heterocycles. The molecule has 0 aromatic carbocycles. The number of hydrogen-bond acceptors (Lipinski definition) is 3. The van der Waals surface area contributed by atoms with Gasteiger partial charge in [0.1, 0.15) is 0 Å². The van der Waals surface area contributed by atoms with Crippen LogP contribution in [0.2, 0.25) is 0 Å². The van der Waals surface area contributed by atoms with E-state index in [1.165, 1.54) is 0 Å². The third kappa shape index (κ3) is 2.84. The molecular formula is C12H13BrN2OS. The van der Waals surface area contributed by atoms with Crippen molar-refractivity contribution in [1.82, 2.24) is 9.55 Å². The number of rotatable bonds is 3. The van der Waals surface area contributed by atoms with Crippen molar-refractivity contribution in [1.29, 1.82) is 0 Å². The van der Waals surface area contributed by atoms with Crippen LogP contribution in [0.5, 0.6) is 0 Å². The van der Waals surface area contributed by atoms with E-state index in [1.54, 1.807) is 22.1 Å². The van der Waals surface area contributed by atoms with Gasteiger partial charge in [0.15, 0.2) is 0 Å². The Hall–Kier alpha value is -0.940. The van der Waals surface area contributed by atoms with Crippen LogP contribution in [-0.4, -0.2) is 9.55 Å². The van der Waals surface area contributed by atoms with Gasteiger partial charge in [-0.2, -0.15) is 0 Å². The van der Waals surface area contributed by atoms with Crippen molar-refractivity contribution in [2.75, 3.05) is 0 Å². The molecular weight excluding hydrogens is 300 g/mol. The fourth-order valence-electron chi connectivity index (χ4n) is 1.62. The highest BCUT2D eigenvalue weighted by molar-refractivity contribution is 9.10. The molecule has 0 radical (unpaired) electrons. The fourth-order valence-corrected chi connectivity index (χ4v) is 2.94. The topological polar surface area (TPSA) is 34.9 Å². The van der Waals surface area contributed by atoms with Crippen molar-refractivity contribution in [3.05, 3.63) is 48.7 Å². The van der Waals surface area contributed by atoms with Gasteiger partial charge < -0.3 is 4.57 Å². The van der Waals surface area contributed by atoms with Crippen LogP contribution in [0, 0.1) is 6.92 Å². The molecule has 2 aromatic heterocycles. The molecule has 2 aromatic rings. The van der Waals surface area contributed by atoms with Crippen molar-refractivity contribution in [2.45, 2.75) is 26.8 Å². The molecule has 0 aliphatic heterocycles. The van der Waals surface area contributed by atoms with Gasteiger partial charge in [0.25, 0.3) is 5.56 Å². The lowest BCUT2D eigenvalue weighted by atomic mass is 10.3. The summed E-state index contributed by atoms with van der Waals surface area (Å²) in [5, 5.41) is 3.13. The minimum Gasteiger partial charge on any atom is -0.308 e. The maximum Gasteiger partial charge on any atom is 0.253 e. The van der Waals surface area contributed by atoms with Crippen LogP contribution in [0.3, 0.4) is 0 Å². The molecule has 0 aliphatic carbocycles. The van der Waals surface area contributed by atoms with Crippen molar-refractivity contribution < 1.29 is 0 Å². The molecule has 3 nitrogen and oxygen atoms in total. The maximum atomic E-state index is 11.9. The van der Waals surface area contributed by atoms with Gasteiger partial charge in [0.05, 0.1) is 17.2 Å². The van der Waals surface area contributed by atoms with Gasteiger partial charge in [-0.3, -0.25) is 4.79 Å². The van der Waals surface area contributed by atoms with E-state index >= 15 is 0 Å². The standard InChI is InChI=1S/C12H13BrN2OS/c1-3-11-14-10(7-17-11)6-15-5-9(13)4-8(2)12(15)16/h4-5,7H,3,6H2,1-2H3. The van der Waals surface area contributed by atoms with Crippen LogP contribution in [0.25, 0.3) is 0 Å². The Bertz CT molecular complexity index is 588. The van der Waals surface area contributed by atoms with E-state index in [0.717, 1.165) is 27.2 Å². The number of halogens is 1. The van der Waals surface area contributed by atoms with Crippen molar-refractivity contribution >= 4 is 27.3 Å². The van der Waals surface area contributed by atoms with Crippen molar-refractivity contribution in [3.8, 4) is 0 Å². The first-order chi connectivity index (χ1) is 8.10. The Morgan fingerprint density at radius 3 is 2.94 bits per heavy atom. The predicted octanol–water partition coefficient (Wildman–Crippen LogP) is 2.99. The fraction of sp³-hybridized carbons (Fsp3) is 0.333. The van der Waals surface area contributed by atoms with Gasteiger partial charge in [-0.15, -0.1) is 11.3 Å². The lowest BCUT2D eigenvalue weighted by molar-refractivity contribution is 0.732. The van der Waals surface area contributed by atoms with Crippen LogP contribution < -0.4 is 5.56 Å². The summed E-state index contributed by atoms with van der Waals surface area (Å²) in [6.45, 7) is 4.44. The normalized spacial score (nSPS) is 10.8. The molecule has 2 rings (SSSR count). The maximum absolute atomic E-state index is 11.9. The van der Waals surface area contributed by atoms with Crippen molar-refractivity contribution in [2.24, 2.45) is 0 Å². The molecule has 0 fully saturated rings. The smallest absolute Gasteiger partial charge is 0.253 e. The summed E-state index contributed by atoms with van der Waals surface area (Å²) in [5.74, 6) is 0. The van der Waals surface area contributed by atoms with E-state index in [-0.39, 0.29) is 5.56 Å². The molecule has 0 aliphatic rings. The Labute approximate surface area is 112 Å². The van der Waals surface area contributed by atoms with E-state index in [1.807, 2.05) is 18.4 Å². The molecule has 0 amide bonds. The van der Waals surface area contributed by atoms with Gasteiger partial charge in [-0.25, -0.2) is 4.98 Å². The molecule has 17 heavy (non-hydrogen) atoms. The molecule has 0 unspecified atom stereocenters. The zero-order valence-electron chi connectivity index (χ0n) is 9.74. The Morgan fingerprint density at radius 2 is 2.29 bits per heavy atom. The van der Waals surface area contributed by atoms with E-state index in [9.17, 15) is 4.79 Å². The quantitative estimate of drug-likeness (QED) is 0.873. The third-order valence-electron chi connectivity index (χ3n) is 2.47. The monoisotopic (exact) mass is 312 g/mol. The second-order valence-corrected chi connectivity index (χ2v) is 5.72. The van der Waals surface area contributed by atoms with Gasteiger partial charge in [-0.05, 0) is 35.3 Å². The van der Waals surface area contributed by atoms with E-state index in [0.29, 0.717) is 6.54 Å². The summed E-state index contributed by atoms with van der Waals surface area (Å²) in [4.78, 5) is 16.4. The number of nitrogens with zero attached hydrogens (tertiary/aromatic N) is 2. The summed E-state index contributed by atoms with van der Waals surface area (Å²) >= 11 is 5.05. The SMILES string of the molecule is CCc1nc(Cn2cc(Br)cc(C)c2=O)cs1. The first-order valence-corrected chi connectivity index (χ1v) is 7.07. The van der Waals surface area contributed by atoms with Crippen LogP contribution in [0.15, 0.2) is 26.9 Å². The molecule has 0 bridgehead atoms. The molecule has 90 valence electrons. The number of pyridine rings is 1. The van der Waals surface area contributed by atoms with E-state index < -0.39 is 0 Å². The van der Waals surface area contributed by atoms with Crippen LogP contribution >= 0.6 is 27.3 Å². The number of thiazole rings is 1. The van der Waals surface area contributed by atoms with E-state index in [2.05, 4.69) is 27.8 Å². The molecule has 0 saturated carbocycles. The van der Waals surface area contributed by atoms with Gasteiger partial charge in [0.2, 0.25) is 0 Å². The van der Waals surface area contributed by atoms with Crippen molar-refractivity contribution in [3.63, 3.8) is 0 Å². The van der Waals surface area contributed by atoms with Gasteiger partial charge >= 0.3 is 0 Å². The Balaban J connectivity index is 2.32. The van der Waals surface area contributed by atoms with Crippen LogP contribution in [-0.2, 0) is 13.0 Å². The molecule has 0 N–H and O–H groups in total. The lowest BCUT2D eigenvalue weighted by Crippen LogP contribution is -2.22. The first kappa shape index (κ1) is 12.5. The summed E-state index contributed by atoms with van der Waals surface area (Å²) in [6, 6.07) is 1.83. The summed E-state index contributed by atoms with van der Waals surface area (Å²) in [5.41, 5.74) is 1.73. The molecule has 0 spiro atoms. The molecule has 2 heterocycles. The van der Waals surface area contributed by atoms with E-state index in [4.69, 9.17) is 0 Å². The predicted molar refractivity (Wildman–Crippen MR) is 73.7 cm³/mol. The van der Waals surface area contributed by atoms with Gasteiger partial charge in [-0.1, -0.05) is 6.92 Å². The number of aryl methyl sites for hydroxylation is 2. The first-order valence-electron chi connectivity index (χ1n) is 5.40.